The predicted molar refractivity (Wildman–Crippen MR) is 123 cm³/mol. The van der Waals surface area contributed by atoms with E-state index in [0.29, 0.717) is 6.54 Å². The minimum absolute atomic E-state index is 0.0779. The third-order valence-corrected chi connectivity index (χ3v) is 5.75. The largest absolute Gasteiger partial charge is 0.337 e. The van der Waals surface area contributed by atoms with Crippen molar-refractivity contribution in [1.82, 2.24) is 19.8 Å². The Bertz CT molecular complexity index is 989. The first-order valence-electron chi connectivity index (χ1n) is 10.7. The lowest BCUT2D eigenvalue weighted by Gasteiger charge is -2.23. The summed E-state index contributed by atoms with van der Waals surface area (Å²) in [6.45, 7) is 7.56. The quantitative estimate of drug-likeness (QED) is 0.554. The van der Waals surface area contributed by atoms with Crippen LogP contribution in [0.2, 0.25) is 0 Å². The lowest BCUT2D eigenvalue weighted by Crippen LogP contribution is -2.37. The average molecular weight is 413 g/mol. The molecule has 0 N–H and O–H groups in total. The summed E-state index contributed by atoms with van der Waals surface area (Å²) >= 11 is 0. The topological polar surface area (TPSA) is 49.3 Å². The van der Waals surface area contributed by atoms with Gasteiger partial charge >= 0.3 is 0 Å². The zero-order chi connectivity index (χ0) is 21.5. The molecule has 3 heterocycles. The molecule has 1 atom stereocenters. The van der Waals surface area contributed by atoms with E-state index in [1.165, 1.54) is 11.1 Å². The second-order valence-corrected chi connectivity index (χ2v) is 8.00. The standard InChI is InChI=1S/C26H28N4O/c1-2-14-30-16-15-29(19-22-4-3-11-28-18-22)20-25(26(30)31)17-21-5-7-23(8-6-21)24-9-12-27-13-10-24/h2-13,18,25H,1,14-17,19-20H2/t25-/m1/s1. The van der Waals surface area contributed by atoms with E-state index in [9.17, 15) is 4.79 Å². The van der Waals surface area contributed by atoms with Crippen LogP contribution in [-0.4, -0.2) is 51.9 Å². The number of amides is 1. The summed E-state index contributed by atoms with van der Waals surface area (Å²) in [7, 11) is 0. The highest BCUT2D eigenvalue weighted by molar-refractivity contribution is 5.80. The Morgan fingerprint density at radius 3 is 2.42 bits per heavy atom. The fourth-order valence-corrected chi connectivity index (χ4v) is 4.16. The van der Waals surface area contributed by atoms with Crippen LogP contribution in [0.4, 0.5) is 0 Å². The number of hydrogen-bond donors (Lipinski definition) is 0. The van der Waals surface area contributed by atoms with Gasteiger partial charge in [-0.1, -0.05) is 36.4 Å². The number of carbonyl (C=O) groups excluding carboxylic acids is 1. The fraction of sp³-hybridized carbons (Fsp3) is 0.269. The zero-order valence-corrected chi connectivity index (χ0v) is 17.7. The van der Waals surface area contributed by atoms with E-state index < -0.39 is 0 Å². The van der Waals surface area contributed by atoms with Crippen molar-refractivity contribution in [2.24, 2.45) is 5.92 Å². The first-order chi connectivity index (χ1) is 15.2. The Labute approximate surface area is 184 Å². The van der Waals surface area contributed by atoms with Crippen molar-refractivity contribution in [3.8, 4) is 11.1 Å². The van der Waals surface area contributed by atoms with E-state index in [1.54, 1.807) is 18.6 Å². The van der Waals surface area contributed by atoms with Crippen LogP contribution in [0.1, 0.15) is 11.1 Å². The van der Waals surface area contributed by atoms with Gasteiger partial charge in [0.1, 0.15) is 0 Å². The van der Waals surface area contributed by atoms with Crippen LogP contribution in [-0.2, 0) is 17.8 Å². The van der Waals surface area contributed by atoms with Gasteiger partial charge in [-0.25, -0.2) is 0 Å². The molecule has 1 amide bonds. The van der Waals surface area contributed by atoms with Crippen LogP contribution < -0.4 is 0 Å². The monoisotopic (exact) mass is 412 g/mol. The van der Waals surface area contributed by atoms with Gasteiger partial charge in [-0.05, 0) is 46.9 Å². The number of rotatable bonds is 7. The second-order valence-electron chi connectivity index (χ2n) is 8.00. The summed E-state index contributed by atoms with van der Waals surface area (Å²) in [5, 5.41) is 0. The van der Waals surface area contributed by atoms with Crippen molar-refractivity contribution in [2.45, 2.75) is 13.0 Å². The van der Waals surface area contributed by atoms with E-state index in [2.05, 4.69) is 51.8 Å². The molecule has 0 bridgehead atoms. The maximum atomic E-state index is 13.3. The summed E-state index contributed by atoms with van der Waals surface area (Å²) in [6.07, 6.45) is 9.85. The number of hydrogen-bond acceptors (Lipinski definition) is 4. The molecule has 0 aliphatic carbocycles. The molecule has 158 valence electrons. The molecule has 0 spiro atoms. The predicted octanol–water partition coefficient (Wildman–Crippen LogP) is 3.83. The van der Waals surface area contributed by atoms with E-state index >= 15 is 0 Å². The van der Waals surface area contributed by atoms with Crippen LogP contribution in [0, 0.1) is 5.92 Å². The molecule has 1 aliphatic rings. The molecule has 1 fully saturated rings. The van der Waals surface area contributed by atoms with Gasteiger partial charge in [0.05, 0.1) is 5.92 Å². The minimum Gasteiger partial charge on any atom is -0.337 e. The van der Waals surface area contributed by atoms with Crippen molar-refractivity contribution in [1.29, 1.82) is 0 Å². The normalized spacial score (nSPS) is 17.4. The van der Waals surface area contributed by atoms with Gasteiger partial charge in [0.2, 0.25) is 5.91 Å². The van der Waals surface area contributed by atoms with Crippen molar-refractivity contribution in [3.05, 3.63) is 97.1 Å². The van der Waals surface area contributed by atoms with Crippen molar-refractivity contribution in [3.63, 3.8) is 0 Å². The van der Waals surface area contributed by atoms with E-state index in [4.69, 9.17) is 0 Å². The molecule has 5 nitrogen and oxygen atoms in total. The van der Waals surface area contributed by atoms with Crippen molar-refractivity contribution < 1.29 is 4.79 Å². The second kappa shape index (κ2) is 10.1. The first kappa shape index (κ1) is 20.9. The van der Waals surface area contributed by atoms with Crippen molar-refractivity contribution >= 4 is 5.91 Å². The summed E-state index contributed by atoms with van der Waals surface area (Å²) in [5.74, 6) is 0.137. The fourth-order valence-electron chi connectivity index (χ4n) is 4.16. The molecular weight excluding hydrogens is 384 g/mol. The maximum Gasteiger partial charge on any atom is 0.227 e. The average Bonchev–Trinajstić information content (AvgIpc) is 2.95. The lowest BCUT2D eigenvalue weighted by atomic mass is 9.95. The van der Waals surface area contributed by atoms with Crippen molar-refractivity contribution in [2.75, 3.05) is 26.2 Å². The third kappa shape index (κ3) is 5.44. The van der Waals surface area contributed by atoms with Crippen LogP contribution >= 0.6 is 0 Å². The molecule has 0 radical (unpaired) electrons. The summed E-state index contributed by atoms with van der Waals surface area (Å²) in [6, 6.07) is 16.6. The smallest absolute Gasteiger partial charge is 0.227 e. The maximum absolute atomic E-state index is 13.3. The number of nitrogens with zero attached hydrogens (tertiary/aromatic N) is 4. The molecule has 5 heteroatoms. The molecule has 1 saturated heterocycles. The number of carbonyl (C=O) groups is 1. The number of aromatic nitrogens is 2. The van der Waals surface area contributed by atoms with E-state index in [-0.39, 0.29) is 11.8 Å². The Morgan fingerprint density at radius 2 is 1.71 bits per heavy atom. The molecule has 2 aromatic heterocycles. The molecule has 0 unspecified atom stereocenters. The molecule has 1 aromatic carbocycles. The van der Waals surface area contributed by atoms with Crippen LogP contribution in [0.15, 0.2) is 86.0 Å². The van der Waals surface area contributed by atoms with Crippen LogP contribution in [0.3, 0.4) is 0 Å². The van der Waals surface area contributed by atoms with Gasteiger partial charge in [-0.2, -0.15) is 0 Å². The van der Waals surface area contributed by atoms with Gasteiger partial charge < -0.3 is 4.90 Å². The molecule has 3 aromatic rings. The summed E-state index contributed by atoms with van der Waals surface area (Å²) in [4.78, 5) is 25.9. The first-order valence-corrected chi connectivity index (χ1v) is 10.7. The molecule has 31 heavy (non-hydrogen) atoms. The van der Waals surface area contributed by atoms with Gasteiger partial charge in [-0.15, -0.1) is 6.58 Å². The Kier molecular flexibility index (Phi) is 6.85. The van der Waals surface area contributed by atoms with E-state index in [0.717, 1.165) is 43.7 Å². The van der Waals surface area contributed by atoms with Crippen LogP contribution in [0.25, 0.3) is 11.1 Å². The highest BCUT2D eigenvalue weighted by Gasteiger charge is 2.30. The molecule has 0 saturated carbocycles. The Balaban J connectivity index is 1.50. The highest BCUT2D eigenvalue weighted by Crippen LogP contribution is 2.22. The van der Waals surface area contributed by atoms with Gasteiger partial charge in [-0.3, -0.25) is 19.7 Å². The minimum atomic E-state index is -0.0779. The molecule has 1 aliphatic heterocycles. The summed E-state index contributed by atoms with van der Waals surface area (Å²) in [5.41, 5.74) is 4.65. The molecular formula is C26H28N4O. The van der Waals surface area contributed by atoms with Gasteiger partial charge in [0.25, 0.3) is 0 Å². The number of benzene rings is 1. The summed E-state index contributed by atoms with van der Waals surface area (Å²) < 4.78 is 0. The lowest BCUT2D eigenvalue weighted by molar-refractivity contribution is -0.134. The van der Waals surface area contributed by atoms with E-state index in [1.807, 2.05) is 35.4 Å². The number of pyridine rings is 2. The van der Waals surface area contributed by atoms with Crippen LogP contribution in [0.5, 0.6) is 0 Å². The Morgan fingerprint density at radius 1 is 0.935 bits per heavy atom. The Hall–Kier alpha value is -3.31. The molecule has 4 rings (SSSR count). The van der Waals surface area contributed by atoms with Gasteiger partial charge in [0.15, 0.2) is 0 Å². The highest BCUT2D eigenvalue weighted by atomic mass is 16.2. The van der Waals surface area contributed by atoms with Gasteiger partial charge in [0, 0.05) is 57.5 Å². The zero-order valence-electron chi connectivity index (χ0n) is 17.7. The SMILES string of the molecule is C=CCN1CCN(Cc2cccnc2)C[C@@H](Cc2ccc(-c3ccncc3)cc2)C1=O. The third-order valence-electron chi connectivity index (χ3n) is 5.75.